The number of ketones is 1. The second-order valence-electron chi connectivity index (χ2n) is 3.00. The second kappa shape index (κ2) is 3.38. The summed E-state index contributed by atoms with van der Waals surface area (Å²) in [5, 5.41) is 2.50. The van der Waals surface area contributed by atoms with Gasteiger partial charge in [-0.15, -0.1) is 11.3 Å². The average Bonchev–Trinajstić information content (AvgIpc) is 2.70. The van der Waals surface area contributed by atoms with Gasteiger partial charge in [-0.05, 0) is 19.1 Å². The van der Waals surface area contributed by atoms with Crippen molar-refractivity contribution >= 4 is 17.1 Å². The monoisotopic (exact) mass is 207 g/mol. The highest BCUT2D eigenvalue weighted by molar-refractivity contribution is 7.13. The molecule has 2 heterocycles. The lowest BCUT2D eigenvalue weighted by molar-refractivity contribution is 0.101. The number of hydrogen-bond acceptors (Lipinski definition) is 4. The van der Waals surface area contributed by atoms with Gasteiger partial charge in [0.15, 0.2) is 16.6 Å². The van der Waals surface area contributed by atoms with E-state index in [1.807, 2.05) is 19.1 Å². The Morgan fingerprint density at radius 2 is 2.29 bits per heavy atom. The molecule has 0 atom stereocenters. The van der Waals surface area contributed by atoms with E-state index in [0.29, 0.717) is 5.69 Å². The second-order valence-corrected chi connectivity index (χ2v) is 3.86. The first kappa shape index (κ1) is 9.15. The predicted molar refractivity (Wildman–Crippen MR) is 54.6 cm³/mol. The topological polar surface area (TPSA) is 43.1 Å². The zero-order valence-electron chi connectivity index (χ0n) is 7.90. The standard InChI is InChI=1S/C10H9NO2S/c1-6-3-4-9(13-6)10-11-8(5-14-10)7(2)12/h3-5H,1-2H3. The van der Waals surface area contributed by atoms with Crippen molar-refractivity contribution < 1.29 is 9.21 Å². The zero-order chi connectivity index (χ0) is 10.1. The van der Waals surface area contributed by atoms with Crippen molar-refractivity contribution in [2.45, 2.75) is 13.8 Å². The van der Waals surface area contributed by atoms with Crippen LogP contribution in [0.3, 0.4) is 0 Å². The summed E-state index contributed by atoms with van der Waals surface area (Å²) in [7, 11) is 0. The highest BCUT2D eigenvalue weighted by Gasteiger charge is 2.10. The highest BCUT2D eigenvalue weighted by Crippen LogP contribution is 2.25. The van der Waals surface area contributed by atoms with Gasteiger partial charge in [-0.25, -0.2) is 4.98 Å². The summed E-state index contributed by atoms with van der Waals surface area (Å²) in [6.45, 7) is 3.38. The van der Waals surface area contributed by atoms with Crippen molar-refractivity contribution in [3.05, 3.63) is 29.0 Å². The summed E-state index contributed by atoms with van der Waals surface area (Å²) >= 11 is 1.42. The Morgan fingerprint density at radius 1 is 1.50 bits per heavy atom. The molecule has 0 spiro atoms. The molecule has 0 radical (unpaired) electrons. The molecule has 0 saturated heterocycles. The molecule has 2 rings (SSSR count). The number of carbonyl (C=O) groups is 1. The molecule has 0 amide bonds. The summed E-state index contributed by atoms with van der Waals surface area (Å²) in [4.78, 5) is 15.2. The lowest BCUT2D eigenvalue weighted by atomic mass is 10.3. The number of aromatic nitrogens is 1. The van der Waals surface area contributed by atoms with Crippen LogP contribution in [-0.2, 0) is 0 Å². The smallest absolute Gasteiger partial charge is 0.178 e. The van der Waals surface area contributed by atoms with E-state index in [0.717, 1.165) is 16.5 Å². The molecule has 0 N–H and O–H groups in total. The third kappa shape index (κ3) is 1.61. The van der Waals surface area contributed by atoms with Crippen molar-refractivity contribution in [2.75, 3.05) is 0 Å². The molecular weight excluding hydrogens is 198 g/mol. The van der Waals surface area contributed by atoms with E-state index in [4.69, 9.17) is 4.42 Å². The first-order chi connectivity index (χ1) is 6.66. The third-order valence-electron chi connectivity index (χ3n) is 1.82. The molecule has 0 fully saturated rings. The molecule has 0 aliphatic rings. The lowest BCUT2D eigenvalue weighted by Gasteiger charge is -1.87. The Kier molecular flexibility index (Phi) is 2.21. The quantitative estimate of drug-likeness (QED) is 0.711. The van der Waals surface area contributed by atoms with Crippen LogP contribution in [0.5, 0.6) is 0 Å². The summed E-state index contributed by atoms with van der Waals surface area (Å²) in [6.07, 6.45) is 0. The van der Waals surface area contributed by atoms with E-state index < -0.39 is 0 Å². The van der Waals surface area contributed by atoms with Crippen molar-refractivity contribution in [3.63, 3.8) is 0 Å². The molecule has 72 valence electrons. The van der Waals surface area contributed by atoms with Gasteiger partial charge in [0, 0.05) is 12.3 Å². The van der Waals surface area contributed by atoms with Crippen LogP contribution in [0, 0.1) is 6.92 Å². The van der Waals surface area contributed by atoms with Gasteiger partial charge in [0.25, 0.3) is 0 Å². The van der Waals surface area contributed by atoms with Gasteiger partial charge in [0.2, 0.25) is 0 Å². The molecule has 2 aromatic heterocycles. The number of nitrogens with zero attached hydrogens (tertiary/aromatic N) is 1. The Morgan fingerprint density at radius 3 is 2.79 bits per heavy atom. The number of carbonyl (C=O) groups excluding carboxylic acids is 1. The number of thiazole rings is 1. The molecule has 4 heteroatoms. The molecule has 0 bridgehead atoms. The van der Waals surface area contributed by atoms with Crippen molar-refractivity contribution in [2.24, 2.45) is 0 Å². The van der Waals surface area contributed by atoms with Gasteiger partial charge < -0.3 is 4.42 Å². The predicted octanol–water partition coefficient (Wildman–Crippen LogP) is 2.91. The molecule has 0 aliphatic heterocycles. The lowest BCUT2D eigenvalue weighted by Crippen LogP contribution is -1.90. The van der Waals surface area contributed by atoms with E-state index in [2.05, 4.69) is 4.98 Å². The minimum absolute atomic E-state index is 0.0178. The molecule has 0 aromatic carbocycles. The molecule has 3 nitrogen and oxygen atoms in total. The Balaban J connectivity index is 2.38. The molecule has 14 heavy (non-hydrogen) atoms. The van der Waals surface area contributed by atoms with Crippen LogP contribution in [0.15, 0.2) is 21.9 Å². The fourth-order valence-electron chi connectivity index (χ4n) is 1.10. The van der Waals surface area contributed by atoms with Crippen LogP contribution in [0.2, 0.25) is 0 Å². The molecule has 2 aromatic rings. The zero-order valence-corrected chi connectivity index (χ0v) is 8.72. The number of furan rings is 1. The van der Waals surface area contributed by atoms with Gasteiger partial charge in [-0.3, -0.25) is 4.79 Å². The van der Waals surface area contributed by atoms with E-state index in [-0.39, 0.29) is 5.78 Å². The van der Waals surface area contributed by atoms with Crippen LogP contribution < -0.4 is 0 Å². The van der Waals surface area contributed by atoms with E-state index in [1.165, 1.54) is 18.3 Å². The average molecular weight is 207 g/mol. The number of hydrogen-bond donors (Lipinski definition) is 0. The number of Topliss-reactive ketones (excluding diaryl/α,β-unsaturated/α-hetero) is 1. The fraction of sp³-hybridized carbons (Fsp3) is 0.200. The maximum Gasteiger partial charge on any atom is 0.178 e. The Labute approximate surface area is 85.4 Å². The number of aryl methyl sites for hydroxylation is 1. The van der Waals surface area contributed by atoms with Gasteiger partial charge in [0.05, 0.1) is 0 Å². The largest absolute Gasteiger partial charge is 0.459 e. The first-order valence-electron chi connectivity index (χ1n) is 4.20. The van der Waals surface area contributed by atoms with Gasteiger partial charge in [-0.2, -0.15) is 0 Å². The van der Waals surface area contributed by atoms with Crippen molar-refractivity contribution in [1.29, 1.82) is 0 Å². The summed E-state index contributed by atoms with van der Waals surface area (Å²) in [5.74, 6) is 1.55. The highest BCUT2D eigenvalue weighted by atomic mass is 32.1. The van der Waals surface area contributed by atoms with Crippen LogP contribution in [0.1, 0.15) is 23.2 Å². The molecule has 0 unspecified atom stereocenters. The SMILES string of the molecule is CC(=O)c1csc(-c2ccc(C)o2)n1. The van der Waals surface area contributed by atoms with Crippen LogP contribution in [0.25, 0.3) is 10.8 Å². The Bertz CT molecular complexity index is 470. The summed E-state index contributed by atoms with van der Waals surface area (Å²) in [5.41, 5.74) is 0.499. The van der Waals surface area contributed by atoms with Crippen LogP contribution in [-0.4, -0.2) is 10.8 Å². The van der Waals surface area contributed by atoms with Crippen molar-refractivity contribution in [1.82, 2.24) is 4.98 Å². The number of rotatable bonds is 2. The van der Waals surface area contributed by atoms with E-state index in [9.17, 15) is 4.79 Å². The van der Waals surface area contributed by atoms with Gasteiger partial charge in [0.1, 0.15) is 11.5 Å². The minimum Gasteiger partial charge on any atom is -0.459 e. The van der Waals surface area contributed by atoms with Crippen molar-refractivity contribution in [3.8, 4) is 10.8 Å². The maximum absolute atomic E-state index is 11.0. The van der Waals surface area contributed by atoms with Gasteiger partial charge in [-0.1, -0.05) is 0 Å². The maximum atomic E-state index is 11.0. The molecule has 0 saturated carbocycles. The summed E-state index contributed by atoms with van der Waals surface area (Å²) in [6, 6.07) is 3.74. The van der Waals surface area contributed by atoms with Gasteiger partial charge >= 0.3 is 0 Å². The van der Waals surface area contributed by atoms with E-state index in [1.54, 1.807) is 5.38 Å². The minimum atomic E-state index is -0.0178. The van der Waals surface area contributed by atoms with E-state index >= 15 is 0 Å². The normalized spacial score (nSPS) is 10.4. The van der Waals surface area contributed by atoms with Crippen LogP contribution in [0.4, 0.5) is 0 Å². The molecular formula is C10H9NO2S. The molecule has 0 aliphatic carbocycles. The Hall–Kier alpha value is -1.42. The summed E-state index contributed by atoms with van der Waals surface area (Å²) < 4.78 is 5.40. The van der Waals surface area contributed by atoms with Crippen LogP contribution >= 0.6 is 11.3 Å². The fourth-order valence-corrected chi connectivity index (χ4v) is 1.92. The third-order valence-corrected chi connectivity index (χ3v) is 2.67. The first-order valence-corrected chi connectivity index (χ1v) is 5.08.